The third kappa shape index (κ3) is 4.43. The normalized spacial score (nSPS) is 22.5. The van der Waals surface area contributed by atoms with E-state index in [1.54, 1.807) is 6.20 Å². The molecule has 2 rings (SSSR count). The van der Waals surface area contributed by atoms with Crippen molar-refractivity contribution < 1.29 is 0 Å². The summed E-state index contributed by atoms with van der Waals surface area (Å²) in [6.07, 6.45) is 3.69. The van der Waals surface area contributed by atoms with Gasteiger partial charge in [0.1, 0.15) is 5.02 Å². The molecule has 0 bridgehead atoms. The highest BCUT2D eigenvalue weighted by Crippen LogP contribution is 2.20. The Morgan fingerprint density at radius 1 is 1.57 bits per heavy atom. The minimum absolute atomic E-state index is 0.231. The molecule has 0 aromatic carbocycles. The molecule has 2 unspecified atom stereocenters. The average Bonchev–Trinajstić information content (AvgIpc) is 2.43. The Morgan fingerprint density at radius 3 is 3.00 bits per heavy atom. The van der Waals surface area contributed by atoms with Crippen LogP contribution in [0.3, 0.4) is 0 Å². The summed E-state index contributed by atoms with van der Waals surface area (Å²) in [6, 6.07) is 0.807. The molecule has 6 nitrogen and oxygen atoms in total. The van der Waals surface area contributed by atoms with E-state index in [1.165, 1.54) is 4.68 Å². The van der Waals surface area contributed by atoms with Gasteiger partial charge < -0.3 is 15.5 Å². The van der Waals surface area contributed by atoms with Crippen LogP contribution in [-0.4, -0.2) is 53.9 Å². The molecule has 1 aromatic heterocycles. The van der Waals surface area contributed by atoms with E-state index < -0.39 is 0 Å². The minimum atomic E-state index is -0.231. The maximum absolute atomic E-state index is 12.2. The summed E-state index contributed by atoms with van der Waals surface area (Å²) in [5.41, 5.74) is 0.410. The monoisotopic (exact) mass is 313 g/mol. The number of likely N-dealkylation sites (N-methyl/N-ethyl adjacent to an activating group) is 1. The molecule has 2 atom stereocenters. The molecule has 1 saturated heterocycles. The molecule has 1 aliphatic rings. The van der Waals surface area contributed by atoms with Crippen molar-refractivity contribution >= 4 is 17.3 Å². The highest BCUT2D eigenvalue weighted by molar-refractivity contribution is 6.32. The van der Waals surface area contributed by atoms with Gasteiger partial charge in [-0.1, -0.05) is 11.6 Å². The Kier molecular flexibility index (Phi) is 5.61. The van der Waals surface area contributed by atoms with E-state index in [0.29, 0.717) is 24.3 Å². The van der Waals surface area contributed by atoms with Gasteiger partial charge in [0.05, 0.1) is 18.4 Å². The smallest absolute Gasteiger partial charge is 0.287 e. The number of hydrogen-bond acceptors (Lipinski definition) is 5. The maximum Gasteiger partial charge on any atom is 0.287 e. The molecule has 0 radical (unpaired) electrons. The second-order valence-electron chi connectivity index (χ2n) is 5.92. The van der Waals surface area contributed by atoms with Crippen LogP contribution in [0.1, 0.15) is 19.8 Å². The first kappa shape index (κ1) is 16.3. The molecule has 1 fully saturated rings. The van der Waals surface area contributed by atoms with Crippen LogP contribution < -0.4 is 16.2 Å². The minimum Gasteiger partial charge on any atom is -0.380 e. The lowest BCUT2D eigenvalue weighted by Crippen LogP contribution is -2.41. The fraction of sp³-hybridized carbons (Fsp3) is 0.714. The van der Waals surface area contributed by atoms with E-state index in [1.807, 2.05) is 19.0 Å². The fourth-order valence-electron chi connectivity index (χ4n) is 2.50. The molecule has 118 valence electrons. The SMILES string of the molecule is CC1CC(Nc2cnn(CCN(C)C)c(=O)c2Cl)CCN1. The predicted octanol–water partition coefficient (Wildman–Crippen LogP) is 1.01. The van der Waals surface area contributed by atoms with Crippen LogP contribution in [0.25, 0.3) is 0 Å². The third-order valence-electron chi connectivity index (χ3n) is 3.73. The second-order valence-corrected chi connectivity index (χ2v) is 6.30. The number of hydrogen-bond donors (Lipinski definition) is 2. The van der Waals surface area contributed by atoms with Crippen molar-refractivity contribution in [1.29, 1.82) is 0 Å². The molecule has 1 aliphatic heterocycles. The predicted molar refractivity (Wildman–Crippen MR) is 86.2 cm³/mol. The maximum atomic E-state index is 12.2. The van der Waals surface area contributed by atoms with Crippen LogP contribution in [0.2, 0.25) is 5.02 Å². The summed E-state index contributed by atoms with van der Waals surface area (Å²) in [4.78, 5) is 14.2. The van der Waals surface area contributed by atoms with Gasteiger partial charge in [0, 0.05) is 18.6 Å². The number of aromatic nitrogens is 2. The van der Waals surface area contributed by atoms with Crippen molar-refractivity contribution in [3.05, 3.63) is 21.6 Å². The molecule has 0 spiro atoms. The highest BCUT2D eigenvalue weighted by Gasteiger charge is 2.20. The quantitative estimate of drug-likeness (QED) is 0.849. The van der Waals surface area contributed by atoms with Crippen LogP contribution >= 0.6 is 11.6 Å². The fourth-order valence-corrected chi connectivity index (χ4v) is 2.70. The average molecular weight is 314 g/mol. The van der Waals surface area contributed by atoms with Gasteiger partial charge in [-0.15, -0.1) is 0 Å². The highest BCUT2D eigenvalue weighted by atomic mass is 35.5. The number of rotatable bonds is 5. The number of halogens is 1. The zero-order valence-corrected chi connectivity index (χ0v) is 13.7. The Hall–Kier alpha value is -1.11. The van der Waals surface area contributed by atoms with Crippen molar-refractivity contribution in [2.24, 2.45) is 0 Å². The van der Waals surface area contributed by atoms with Gasteiger partial charge in [-0.25, -0.2) is 4.68 Å². The molecule has 2 N–H and O–H groups in total. The second kappa shape index (κ2) is 7.24. The van der Waals surface area contributed by atoms with Crippen LogP contribution in [0, 0.1) is 0 Å². The molecule has 2 heterocycles. The van der Waals surface area contributed by atoms with Gasteiger partial charge in [-0.05, 0) is 40.4 Å². The molecule has 0 saturated carbocycles. The van der Waals surface area contributed by atoms with Crippen LogP contribution in [0.15, 0.2) is 11.0 Å². The number of anilines is 1. The first-order chi connectivity index (χ1) is 9.97. The number of piperidine rings is 1. The van der Waals surface area contributed by atoms with E-state index in [2.05, 4.69) is 22.7 Å². The van der Waals surface area contributed by atoms with Crippen molar-refractivity contribution in [1.82, 2.24) is 20.0 Å². The Morgan fingerprint density at radius 2 is 2.33 bits per heavy atom. The van der Waals surface area contributed by atoms with E-state index in [0.717, 1.165) is 25.9 Å². The molecule has 0 amide bonds. The lowest BCUT2D eigenvalue weighted by molar-refractivity contribution is 0.367. The Balaban J connectivity index is 2.07. The lowest BCUT2D eigenvalue weighted by atomic mass is 10.0. The Bertz CT molecular complexity index is 531. The molecular weight excluding hydrogens is 290 g/mol. The van der Waals surface area contributed by atoms with E-state index in [-0.39, 0.29) is 10.6 Å². The molecule has 7 heteroatoms. The summed E-state index contributed by atoms with van der Waals surface area (Å²) in [7, 11) is 3.92. The summed E-state index contributed by atoms with van der Waals surface area (Å²) < 4.78 is 1.42. The summed E-state index contributed by atoms with van der Waals surface area (Å²) in [6.45, 7) is 4.43. The summed E-state index contributed by atoms with van der Waals surface area (Å²) >= 11 is 6.20. The first-order valence-electron chi connectivity index (χ1n) is 7.37. The lowest BCUT2D eigenvalue weighted by Gasteiger charge is -2.29. The van der Waals surface area contributed by atoms with Crippen LogP contribution in [0.5, 0.6) is 0 Å². The van der Waals surface area contributed by atoms with Gasteiger partial charge in [0.15, 0.2) is 0 Å². The van der Waals surface area contributed by atoms with Crippen LogP contribution in [0.4, 0.5) is 5.69 Å². The standard InChI is InChI=1S/C14H24ClN5O/c1-10-8-11(4-5-16-10)18-12-9-17-20(7-6-19(2)3)14(21)13(12)15/h9-11,16,18H,4-8H2,1-3H3. The van der Waals surface area contributed by atoms with Crippen molar-refractivity contribution in [3.63, 3.8) is 0 Å². The van der Waals surface area contributed by atoms with E-state index in [4.69, 9.17) is 11.6 Å². The van der Waals surface area contributed by atoms with Crippen molar-refractivity contribution in [2.45, 2.75) is 38.4 Å². The molecule has 1 aromatic rings. The van der Waals surface area contributed by atoms with Gasteiger partial charge in [0.25, 0.3) is 5.56 Å². The first-order valence-corrected chi connectivity index (χ1v) is 7.75. The number of nitrogens with zero attached hydrogens (tertiary/aromatic N) is 3. The number of nitrogens with one attached hydrogen (secondary N) is 2. The summed E-state index contributed by atoms with van der Waals surface area (Å²) in [5, 5.41) is 11.2. The zero-order valence-electron chi connectivity index (χ0n) is 12.9. The van der Waals surface area contributed by atoms with E-state index in [9.17, 15) is 4.79 Å². The Labute approximate surface area is 130 Å². The van der Waals surface area contributed by atoms with Gasteiger partial charge in [0.2, 0.25) is 0 Å². The van der Waals surface area contributed by atoms with Gasteiger partial charge >= 0.3 is 0 Å². The molecular formula is C14H24ClN5O. The zero-order chi connectivity index (χ0) is 15.4. The van der Waals surface area contributed by atoms with Crippen LogP contribution in [-0.2, 0) is 6.54 Å². The topological polar surface area (TPSA) is 62.2 Å². The van der Waals surface area contributed by atoms with Crippen molar-refractivity contribution in [2.75, 3.05) is 32.5 Å². The van der Waals surface area contributed by atoms with Gasteiger partial charge in [-0.2, -0.15) is 5.10 Å². The summed E-state index contributed by atoms with van der Waals surface area (Å²) in [5.74, 6) is 0. The van der Waals surface area contributed by atoms with Crippen molar-refractivity contribution in [3.8, 4) is 0 Å². The third-order valence-corrected chi connectivity index (χ3v) is 4.09. The van der Waals surface area contributed by atoms with E-state index >= 15 is 0 Å². The molecule has 21 heavy (non-hydrogen) atoms. The largest absolute Gasteiger partial charge is 0.380 e. The molecule has 0 aliphatic carbocycles. The van der Waals surface area contributed by atoms with Gasteiger partial charge in [-0.3, -0.25) is 4.79 Å².